The van der Waals surface area contributed by atoms with Crippen molar-refractivity contribution < 1.29 is 0 Å². The number of nitrogens with one attached hydrogen (secondary N) is 1. The second kappa shape index (κ2) is 4.60. The zero-order chi connectivity index (χ0) is 11.5. The molecule has 16 heavy (non-hydrogen) atoms. The molecule has 0 radical (unpaired) electrons. The first-order chi connectivity index (χ1) is 7.70. The third-order valence-corrected chi connectivity index (χ3v) is 3.88. The fourth-order valence-electron chi connectivity index (χ4n) is 1.28. The summed E-state index contributed by atoms with van der Waals surface area (Å²) in [4.78, 5) is 5.34. The number of anilines is 1. The standard InChI is InChI=1S/C10H10N4S2/c1-6-9(3-11)10(16-14-6)13-5-8-4-12-7(2)15-8/h4,13H,5H2,1-2H3. The highest BCUT2D eigenvalue weighted by Crippen LogP contribution is 2.24. The zero-order valence-corrected chi connectivity index (χ0v) is 10.6. The molecule has 0 aliphatic rings. The van der Waals surface area contributed by atoms with E-state index >= 15 is 0 Å². The first-order valence-electron chi connectivity index (χ1n) is 4.72. The number of nitriles is 1. The van der Waals surface area contributed by atoms with Gasteiger partial charge in [-0.2, -0.15) is 9.64 Å². The van der Waals surface area contributed by atoms with E-state index in [0.29, 0.717) is 12.1 Å². The molecule has 82 valence electrons. The van der Waals surface area contributed by atoms with Gasteiger partial charge in [0.2, 0.25) is 0 Å². The zero-order valence-electron chi connectivity index (χ0n) is 8.94. The quantitative estimate of drug-likeness (QED) is 0.909. The Bertz CT molecular complexity index is 535. The molecule has 4 nitrogen and oxygen atoms in total. The largest absolute Gasteiger partial charge is 0.370 e. The highest BCUT2D eigenvalue weighted by atomic mass is 32.1. The lowest BCUT2D eigenvalue weighted by Crippen LogP contribution is -1.97. The molecule has 0 saturated carbocycles. The molecule has 0 saturated heterocycles. The topological polar surface area (TPSA) is 61.6 Å². The van der Waals surface area contributed by atoms with E-state index in [1.165, 1.54) is 11.5 Å². The summed E-state index contributed by atoms with van der Waals surface area (Å²) in [5, 5.41) is 14.1. The van der Waals surface area contributed by atoms with E-state index in [0.717, 1.165) is 20.6 Å². The maximum atomic E-state index is 8.96. The molecule has 0 amide bonds. The number of nitrogens with zero attached hydrogens (tertiary/aromatic N) is 3. The summed E-state index contributed by atoms with van der Waals surface area (Å²) in [6, 6.07) is 2.16. The smallest absolute Gasteiger partial charge is 0.128 e. The fraction of sp³-hybridized carbons (Fsp3) is 0.300. The molecular weight excluding hydrogens is 240 g/mol. The molecule has 0 spiro atoms. The Hall–Kier alpha value is -1.45. The molecule has 0 aliphatic carbocycles. The number of hydrogen-bond acceptors (Lipinski definition) is 6. The van der Waals surface area contributed by atoms with Gasteiger partial charge in [-0.05, 0) is 25.4 Å². The predicted octanol–water partition coefficient (Wildman–Crippen LogP) is 2.70. The van der Waals surface area contributed by atoms with Gasteiger partial charge in [0.15, 0.2) is 0 Å². The van der Waals surface area contributed by atoms with E-state index in [2.05, 4.69) is 20.7 Å². The number of thiazole rings is 1. The lowest BCUT2D eigenvalue weighted by atomic mass is 10.3. The minimum atomic E-state index is 0.645. The number of rotatable bonds is 3. The van der Waals surface area contributed by atoms with Gasteiger partial charge in [-0.1, -0.05) is 0 Å². The van der Waals surface area contributed by atoms with Crippen LogP contribution in [0.2, 0.25) is 0 Å². The van der Waals surface area contributed by atoms with Gasteiger partial charge in [0.1, 0.15) is 16.6 Å². The molecular formula is C10H10N4S2. The molecule has 2 rings (SSSR count). The second-order valence-corrected chi connectivity index (χ2v) is 5.38. The van der Waals surface area contributed by atoms with Crippen LogP contribution in [0.25, 0.3) is 0 Å². The average Bonchev–Trinajstić information content (AvgIpc) is 2.82. The summed E-state index contributed by atoms with van der Waals surface area (Å²) in [6.45, 7) is 4.52. The van der Waals surface area contributed by atoms with Crippen LogP contribution < -0.4 is 5.32 Å². The van der Waals surface area contributed by atoms with Crippen LogP contribution in [0.4, 0.5) is 5.00 Å². The number of aryl methyl sites for hydroxylation is 2. The average molecular weight is 250 g/mol. The lowest BCUT2D eigenvalue weighted by molar-refractivity contribution is 1.17. The van der Waals surface area contributed by atoms with Gasteiger partial charge in [-0.25, -0.2) is 4.98 Å². The van der Waals surface area contributed by atoms with Gasteiger partial charge < -0.3 is 5.32 Å². The van der Waals surface area contributed by atoms with E-state index in [1.807, 2.05) is 20.0 Å². The van der Waals surface area contributed by atoms with E-state index in [4.69, 9.17) is 5.26 Å². The Morgan fingerprint density at radius 3 is 2.94 bits per heavy atom. The SMILES string of the molecule is Cc1ncc(CNc2snc(C)c2C#N)s1. The van der Waals surface area contributed by atoms with Crippen LogP contribution >= 0.6 is 22.9 Å². The minimum Gasteiger partial charge on any atom is -0.370 e. The molecule has 2 aromatic heterocycles. The Kier molecular flexibility index (Phi) is 3.17. The van der Waals surface area contributed by atoms with E-state index in [-0.39, 0.29) is 0 Å². The summed E-state index contributed by atoms with van der Waals surface area (Å²) < 4.78 is 4.15. The van der Waals surface area contributed by atoms with Gasteiger partial charge in [0, 0.05) is 11.1 Å². The summed E-state index contributed by atoms with van der Waals surface area (Å²) >= 11 is 2.98. The molecule has 0 aliphatic heterocycles. The van der Waals surface area contributed by atoms with Crippen molar-refractivity contribution in [3.05, 3.63) is 27.3 Å². The molecule has 6 heteroatoms. The third kappa shape index (κ3) is 2.21. The number of hydrogen-bond donors (Lipinski definition) is 1. The Labute approximate surface area is 102 Å². The van der Waals surface area contributed by atoms with Crippen LogP contribution in [0.1, 0.15) is 21.1 Å². The van der Waals surface area contributed by atoms with Crippen LogP contribution in [0.3, 0.4) is 0 Å². The Morgan fingerprint density at radius 2 is 2.31 bits per heavy atom. The Morgan fingerprint density at radius 1 is 1.50 bits per heavy atom. The highest BCUT2D eigenvalue weighted by molar-refractivity contribution is 7.11. The van der Waals surface area contributed by atoms with Crippen LogP contribution in [0, 0.1) is 25.2 Å². The molecule has 0 fully saturated rings. The molecule has 0 aromatic carbocycles. The maximum Gasteiger partial charge on any atom is 0.128 e. The van der Waals surface area contributed by atoms with Crippen molar-refractivity contribution in [3.63, 3.8) is 0 Å². The molecule has 0 atom stereocenters. The molecule has 0 bridgehead atoms. The van der Waals surface area contributed by atoms with Crippen LogP contribution in [0.5, 0.6) is 0 Å². The van der Waals surface area contributed by atoms with Crippen molar-refractivity contribution >= 4 is 27.9 Å². The van der Waals surface area contributed by atoms with Crippen molar-refractivity contribution in [2.24, 2.45) is 0 Å². The van der Waals surface area contributed by atoms with Crippen molar-refractivity contribution in [1.29, 1.82) is 5.26 Å². The lowest BCUT2D eigenvalue weighted by Gasteiger charge is -2.00. The van der Waals surface area contributed by atoms with E-state index in [9.17, 15) is 0 Å². The van der Waals surface area contributed by atoms with Crippen molar-refractivity contribution in [1.82, 2.24) is 9.36 Å². The molecule has 0 unspecified atom stereocenters. The monoisotopic (exact) mass is 250 g/mol. The van der Waals surface area contributed by atoms with Crippen LogP contribution in [-0.2, 0) is 6.54 Å². The van der Waals surface area contributed by atoms with Crippen molar-refractivity contribution in [3.8, 4) is 6.07 Å². The van der Waals surface area contributed by atoms with E-state index < -0.39 is 0 Å². The summed E-state index contributed by atoms with van der Waals surface area (Å²) in [5.74, 6) is 0. The van der Waals surface area contributed by atoms with E-state index in [1.54, 1.807) is 11.3 Å². The highest BCUT2D eigenvalue weighted by Gasteiger charge is 2.09. The summed E-state index contributed by atoms with van der Waals surface area (Å²) in [7, 11) is 0. The fourth-order valence-corrected chi connectivity index (χ4v) is 2.75. The maximum absolute atomic E-state index is 8.96. The molecule has 1 N–H and O–H groups in total. The van der Waals surface area contributed by atoms with Gasteiger partial charge in [0.05, 0.1) is 17.2 Å². The number of aromatic nitrogens is 2. The second-order valence-electron chi connectivity index (χ2n) is 3.28. The summed E-state index contributed by atoms with van der Waals surface area (Å²) in [5.41, 5.74) is 1.43. The van der Waals surface area contributed by atoms with Crippen molar-refractivity contribution in [2.75, 3.05) is 5.32 Å². The first-order valence-corrected chi connectivity index (χ1v) is 6.31. The van der Waals surface area contributed by atoms with Gasteiger partial charge in [-0.15, -0.1) is 11.3 Å². The van der Waals surface area contributed by atoms with Crippen LogP contribution in [-0.4, -0.2) is 9.36 Å². The van der Waals surface area contributed by atoms with Gasteiger partial charge >= 0.3 is 0 Å². The van der Waals surface area contributed by atoms with Crippen LogP contribution in [0.15, 0.2) is 6.20 Å². The minimum absolute atomic E-state index is 0.645. The normalized spacial score (nSPS) is 10.1. The molecule has 2 aromatic rings. The van der Waals surface area contributed by atoms with Crippen molar-refractivity contribution in [2.45, 2.75) is 20.4 Å². The van der Waals surface area contributed by atoms with Gasteiger partial charge in [-0.3, -0.25) is 0 Å². The first kappa shape index (κ1) is 11.0. The third-order valence-electron chi connectivity index (χ3n) is 2.07. The summed E-state index contributed by atoms with van der Waals surface area (Å²) in [6.07, 6.45) is 1.85. The van der Waals surface area contributed by atoms with Gasteiger partial charge in [0.25, 0.3) is 0 Å². The Balaban J connectivity index is 2.08. The molecule has 2 heterocycles. The predicted molar refractivity (Wildman–Crippen MR) is 65.7 cm³/mol.